The molecule has 3 heterocycles. The zero-order chi connectivity index (χ0) is 31.5. The highest BCUT2D eigenvalue weighted by Crippen LogP contribution is 2.31. The van der Waals surface area contributed by atoms with Gasteiger partial charge in [-0.25, -0.2) is 9.78 Å². The van der Waals surface area contributed by atoms with Gasteiger partial charge in [0, 0.05) is 31.6 Å². The van der Waals surface area contributed by atoms with E-state index in [0.717, 1.165) is 72.2 Å². The quantitative estimate of drug-likeness (QED) is 0.168. The highest BCUT2D eigenvalue weighted by atomic mass is 16.2. The molecule has 0 amide bonds. The lowest BCUT2D eigenvalue weighted by Gasteiger charge is -2.14. The average molecular weight is 615 g/mol. The van der Waals surface area contributed by atoms with Gasteiger partial charge in [0.2, 0.25) is 5.82 Å². The standard InChI is InChI=1S/C36H38N8O2/c1-2-3-5-14-31-37-34-32(35(45)44(24-26-15-16-26)36(46)42(34)22-21-25-10-6-4-7-11-25)43(31)23-27-17-19-28(20-18-27)29-12-8-9-13-30(29)33-38-40-41-39-33/h4,6-13,17-20,26H,2-3,5,14-16,21-24H2,1H3,(H,38,39,40,41). The molecule has 7 rings (SSSR count). The summed E-state index contributed by atoms with van der Waals surface area (Å²) in [7, 11) is 0. The minimum atomic E-state index is -0.255. The number of imidazole rings is 1. The number of tetrazole rings is 1. The van der Waals surface area contributed by atoms with E-state index in [-0.39, 0.29) is 11.2 Å². The normalized spacial score (nSPS) is 13.1. The third kappa shape index (κ3) is 6.07. The van der Waals surface area contributed by atoms with E-state index in [9.17, 15) is 9.59 Å². The summed E-state index contributed by atoms with van der Waals surface area (Å²) in [6, 6.07) is 26.5. The van der Waals surface area contributed by atoms with Crippen molar-refractivity contribution in [2.75, 3.05) is 0 Å². The first-order valence-corrected chi connectivity index (χ1v) is 16.3. The fourth-order valence-electron chi connectivity index (χ4n) is 6.21. The molecule has 3 aromatic carbocycles. The number of rotatable bonds is 13. The van der Waals surface area contributed by atoms with Crippen molar-refractivity contribution < 1.29 is 0 Å². The molecule has 1 aliphatic carbocycles. The molecule has 1 saturated carbocycles. The number of aryl methyl sites for hydroxylation is 3. The third-order valence-electron chi connectivity index (χ3n) is 8.92. The Bertz CT molecular complexity index is 2050. The number of nitrogens with one attached hydrogen (secondary N) is 1. The number of fused-ring (bicyclic) bond motifs is 1. The molecule has 1 aliphatic rings. The number of hydrogen-bond acceptors (Lipinski definition) is 6. The molecular weight excluding hydrogens is 576 g/mol. The van der Waals surface area contributed by atoms with Crippen LogP contribution in [-0.4, -0.2) is 39.3 Å². The highest BCUT2D eigenvalue weighted by molar-refractivity contribution is 5.80. The minimum Gasteiger partial charge on any atom is -0.318 e. The van der Waals surface area contributed by atoms with Gasteiger partial charge in [-0.05, 0) is 59.1 Å². The molecule has 46 heavy (non-hydrogen) atoms. The predicted octanol–water partition coefficient (Wildman–Crippen LogP) is 5.64. The Morgan fingerprint density at radius 1 is 0.804 bits per heavy atom. The number of aromatic nitrogens is 8. The van der Waals surface area contributed by atoms with Crippen LogP contribution in [0, 0.1) is 5.92 Å². The Hall–Kier alpha value is -5.12. The van der Waals surface area contributed by atoms with Gasteiger partial charge in [-0.3, -0.25) is 13.9 Å². The molecule has 0 atom stereocenters. The Morgan fingerprint density at radius 3 is 2.28 bits per heavy atom. The molecule has 1 N–H and O–H groups in total. The van der Waals surface area contributed by atoms with Crippen LogP contribution < -0.4 is 11.2 Å². The van der Waals surface area contributed by atoms with Crippen LogP contribution in [0.25, 0.3) is 33.7 Å². The lowest BCUT2D eigenvalue weighted by Crippen LogP contribution is -2.41. The summed E-state index contributed by atoms with van der Waals surface area (Å²) in [5.41, 5.74) is 5.66. The van der Waals surface area contributed by atoms with E-state index in [4.69, 9.17) is 4.98 Å². The van der Waals surface area contributed by atoms with Gasteiger partial charge >= 0.3 is 5.69 Å². The first-order valence-electron chi connectivity index (χ1n) is 16.3. The Morgan fingerprint density at radius 2 is 1.57 bits per heavy atom. The molecule has 1 fully saturated rings. The maximum Gasteiger partial charge on any atom is 0.332 e. The Kier molecular flexibility index (Phi) is 8.41. The van der Waals surface area contributed by atoms with Crippen molar-refractivity contribution in [3.63, 3.8) is 0 Å². The third-order valence-corrected chi connectivity index (χ3v) is 8.92. The number of unbranched alkanes of at least 4 members (excludes halogenated alkanes) is 2. The number of benzene rings is 3. The second-order valence-electron chi connectivity index (χ2n) is 12.3. The van der Waals surface area contributed by atoms with Crippen LogP contribution in [0.2, 0.25) is 0 Å². The van der Waals surface area contributed by atoms with Crippen molar-refractivity contribution in [3.8, 4) is 22.5 Å². The summed E-state index contributed by atoms with van der Waals surface area (Å²) in [6.45, 7) is 3.59. The first kappa shape index (κ1) is 29.6. The largest absolute Gasteiger partial charge is 0.332 e. The van der Waals surface area contributed by atoms with Gasteiger partial charge < -0.3 is 4.57 Å². The SMILES string of the molecule is CCCCCc1nc2c(c(=O)n(CC3CC3)c(=O)n2CCc2ccccc2)n1Cc1ccc(-c2ccccc2-c2nn[nH]n2)cc1. The molecule has 0 saturated heterocycles. The Balaban J connectivity index is 1.29. The molecular formula is C36H38N8O2. The van der Waals surface area contributed by atoms with Crippen LogP contribution in [-0.2, 0) is 32.5 Å². The lowest BCUT2D eigenvalue weighted by atomic mass is 9.98. The molecule has 0 spiro atoms. The first-order chi connectivity index (χ1) is 22.6. The van der Waals surface area contributed by atoms with E-state index in [2.05, 4.69) is 68.5 Å². The summed E-state index contributed by atoms with van der Waals surface area (Å²) in [5.74, 6) is 1.78. The van der Waals surface area contributed by atoms with Gasteiger partial charge in [-0.2, -0.15) is 5.21 Å². The number of hydrogen-bond donors (Lipinski definition) is 1. The number of nitrogens with zero attached hydrogens (tertiary/aromatic N) is 7. The van der Waals surface area contributed by atoms with Crippen LogP contribution >= 0.6 is 0 Å². The highest BCUT2D eigenvalue weighted by Gasteiger charge is 2.27. The van der Waals surface area contributed by atoms with Crippen molar-refractivity contribution in [3.05, 3.63) is 117 Å². The minimum absolute atomic E-state index is 0.234. The molecule has 6 aromatic rings. The molecule has 0 radical (unpaired) electrons. The van der Waals surface area contributed by atoms with Crippen molar-refractivity contribution in [2.24, 2.45) is 5.92 Å². The van der Waals surface area contributed by atoms with Crippen LogP contribution in [0.15, 0.2) is 88.5 Å². The summed E-state index contributed by atoms with van der Waals surface area (Å²) < 4.78 is 5.28. The van der Waals surface area contributed by atoms with Crippen molar-refractivity contribution in [2.45, 2.75) is 71.5 Å². The van der Waals surface area contributed by atoms with Gasteiger partial charge in [-0.15, -0.1) is 10.2 Å². The maximum absolute atomic E-state index is 14.2. The van der Waals surface area contributed by atoms with E-state index in [1.165, 1.54) is 4.57 Å². The zero-order valence-corrected chi connectivity index (χ0v) is 26.1. The fraction of sp³-hybridized carbons (Fsp3) is 0.333. The smallest absolute Gasteiger partial charge is 0.318 e. The summed E-state index contributed by atoms with van der Waals surface area (Å²) in [4.78, 5) is 33.1. The molecule has 10 heteroatoms. The van der Waals surface area contributed by atoms with Gasteiger partial charge in [0.1, 0.15) is 5.82 Å². The second kappa shape index (κ2) is 13.1. The molecule has 0 unspecified atom stereocenters. The average Bonchev–Trinajstić information content (AvgIpc) is 3.60. The van der Waals surface area contributed by atoms with Crippen molar-refractivity contribution >= 4 is 11.2 Å². The summed E-state index contributed by atoms with van der Waals surface area (Å²) >= 11 is 0. The van der Waals surface area contributed by atoms with Crippen molar-refractivity contribution in [1.82, 2.24) is 39.3 Å². The van der Waals surface area contributed by atoms with E-state index >= 15 is 0 Å². The van der Waals surface area contributed by atoms with Crippen LogP contribution in [0.1, 0.15) is 56.0 Å². The maximum atomic E-state index is 14.2. The van der Waals surface area contributed by atoms with Crippen LogP contribution in [0.5, 0.6) is 0 Å². The molecule has 0 bridgehead atoms. The summed E-state index contributed by atoms with van der Waals surface area (Å²) in [6.07, 6.45) is 6.66. The van der Waals surface area contributed by atoms with E-state index in [1.807, 2.05) is 42.5 Å². The molecule has 3 aromatic heterocycles. The van der Waals surface area contributed by atoms with Crippen molar-refractivity contribution in [1.29, 1.82) is 0 Å². The predicted molar refractivity (Wildman–Crippen MR) is 179 cm³/mol. The Labute approximate surface area is 266 Å². The van der Waals surface area contributed by atoms with Crippen LogP contribution in [0.3, 0.4) is 0 Å². The molecule has 10 nitrogen and oxygen atoms in total. The monoisotopic (exact) mass is 614 g/mol. The number of aromatic amines is 1. The van der Waals surface area contributed by atoms with E-state index in [1.54, 1.807) is 4.57 Å². The topological polar surface area (TPSA) is 116 Å². The second-order valence-corrected chi connectivity index (χ2v) is 12.3. The van der Waals surface area contributed by atoms with E-state index in [0.29, 0.717) is 49.0 Å². The van der Waals surface area contributed by atoms with E-state index < -0.39 is 0 Å². The van der Waals surface area contributed by atoms with Gasteiger partial charge in [0.15, 0.2) is 11.2 Å². The zero-order valence-electron chi connectivity index (χ0n) is 26.1. The fourth-order valence-corrected chi connectivity index (χ4v) is 6.21. The number of H-pyrrole nitrogens is 1. The molecule has 234 valence electrons. The van der Waals surface area contributed by atoms with Crippen LogP contribution in [0.4, 0.5) is 0 Å². The van der Waals surface area contributed by atoms with Gasteiger partial charge in [0.05, 0.1) is 0 Å². The summed E-state index contributed by atoms with van der Waals surface area (Å²) in [5, 5.41) is 14.6. The van der Waals surface area contributed by atoms with Gasteiger partial charge in [0.25, 0.3) is 5.56 Å². The lowest BCUT2D eigenvalue weighted by molar-refractivity contribution is 0.534. The molecule has 0 aliphatic heterocycles. The van der Waals surface area contributed by atoms with Gasteiger partial charge in [-0.1, -0.05) is 98.6 Å².